The molecule has 1 aliphatic heterocycles. The van der Waals surface area contributed by atoms with Crippen LogP contribution in [0, 0.1) is 5.82 Å². The van der Waals surface area contributed by atoms with Crippen molar-refractivity contribution in [2.24, 2.45) is 0 Å². The van der Waals surface area contributed by atoms with Gasteiger partial charge in [-0.2, -0.15) is 5.10 Å². The summed E-state index contributed by atoms with van der Waals surface area (Å²) in [6, 6.07) is 15.6. The first kappa shape index (κ1) is 22.0. The minimum absolute atomic E-state index is 0.0252. The van der Waals surface area contributed by atoms with E-state index in [1.165, 1.54) is 12.1 Å². The molecule has 2 heterocycles. The van der Waals surface area contributed by atoms with Crippen LogP contribution in [0.1, 0.15) is 37.9 Å². The number of aryl methyl sites for hydroxylation is 1. The maximum atomic E-state index is 13.5. The van der Waals surface area contributed by atoms with Gasteiger partial charge in [-0.25, -0.2) is 9.07 Å². The molecule has 6 nitrogen and oxygen atoms in total. The number of benzene rings is 2. The predicted octanol–water partition coefficient (Wildman–Crippen LogP) is 4.89. The quantitative estimate of drug-likeness (QED) is 0.503. The van der Waals surface area contributed by atoms with Gasteiger partial charge in [-0.05, 0) is 55.7 Å². The van der Waals surface area contributed by atoms with Crippen molar-refractivity contribution in [3.63, 3.8) is 0 Å². The molecule has 0 spiro atoms. The van der Waals surface area contributed by atoms with E-state index < -0.39 is 0 Å². The van der Waals surface area contributed by atoms with E-state index in [1.807, 2.05) is 37.3 Å². The van der Waals surface area contributed by atoms with Crippen molar-refractivity contribution in [2.75, 3.05) is 13.2 Å². The van der Waals surface area contributed by atoms with Crippen LogP contribution >= 0.6 is 0 Å². The van der Waals surface area contributed by atoms with Gasteiger partial charge in [0, 0.05) is 20.1 Å². The van der Waals surface area contributed by atoms with Crippen LogP contribution in [0.5, 0.6) is 11.6 Å². The monoisotopic (exact) mass is 437 g/mol. The Hall–Kier alpha value is -3.19. The zero-order chi connectivity index (χ0) is 22.5. The second kappa shape index (κ2) is 9.96. The Morgan fingerprint density at radius 3 is 2.59 bits per heavy atom. The van der Waals surface area contributed by atoms with Crippen molar-refractivity contribution in [3.05, 3.63) is 71.7 Å². The molecular formula is C25H28FN3O3. The Labute approximate surface area is 187 Å². The van der Waals surface area contributed by atoms with Crippen molar-refractivity contribution in [1.82, 2.24) is 14.7 Å². The predicted molar refractivity (Wildman–Crippen MR) is 119 cm³/mol. The fourth-order valence-corrected chi connectivity index (χ4v) is 3.91. The number of rotatable bonds is 8. The second-order valence-corrected chi connectivity index (χ2v) is 7.92. The van der Waals surface area contributed by atoms with Crippen LogP contribution in [0.25, 0.3) is 5.69 Å². The van der Waals surface area contributed by atoms with Crippen molar-refractivity contribution in [3.8, 4) is 17.3 Å². The Bertz CT molecular complexity index is 1040. The van der Waals surface area contributed by atoms with Gasteiger partial charge >= 0.3 is 0 Å². The molecule has 1 amide bonds. The van der Waals surface area contributed by atoms with Gasteiger partial charge in [-0.15, -0.1) is 0 Å². The molecule has 1 aromatic heterocycles. The lowest BCUT2D eigenvalue weighted by Crippen LogP contribution is -2.35. The zero-order valence-corrected chi connectivity index (χ0v) is 18.5. The van der Waals surface area contributed by atoms with Crippen LogP contribution in [0.4, 0.5) is 4.39 Å². The van der Waals surface area contributed by atoms with Crippen LogP contribution < -0.4 is 4.74 Å². The highest BCUT2D eigenvalue weighted by atomic mass is 19.1. The molecule has 1 atom stereocenters. The van der Waals surface area contributed by atoms with Gasteiger partial charge in [0.2, 0.25) is 11.8 Å². The number of carbonyl (C=O) groups is 1. The highest BCUT2D eigenvalue weighted by Crippen LogP contribution is 2.32. The number of aromatic nitrogens is 2. The van der Waals surface area contributed by atoms with Crippen LogP contribution in [0.2, 0.25) is 0 Å². The van der Waals surface area contributed by atoms with E-state index in [0.29, 0.717) is 36.8 Å². The molecule has 4 rings (SSSR count). The van der Waals surface area contributed by atoms with Gasteiger partial charge in [0.15, 0.2) is 0 Å². The van der Waals surface area contributed by atoms with Crippen LogP contribution in [-0.2, 0) is 22.5 Å². The van der Waals surface area contributed by atoms with E-state index in [1.54, 1.807) is 28.6 Å². The van der Waals surface area contributed by atoms with Gasteiger partial charge in [0.1, 0.15) is 11.6 Å². The van der Waals surface area contributed by atoms with Gasteiger partial charge in [0.25, 0.3) is 0 Å². The molecule has 0 N–H and O–H groups in total. The van der Waals surface area contributed by atoms with E-state index in [0.717, 1.165) is 30.7 Å². The van der Waals surface area contributed by atoms with Crippen LogP contribution in [0.15, 0.2) is 54.6 Å². The third kappa shape index (κ3) is 4.99. The Kier molecular flexibility index (Phi) is 6.85. The molecule has 32 heavy (non-hydrogen) atoms. The molecule has 0 bridgehead atoms. The maximum Gasteiger partial charge on any atom is 0.227 e. The summed E-state index contributed by atoms with van der Waals surface area (Å²) in [5.41, 5.74) is 2.36. The minimum atomic E-state index is -0.318. The van der Waals surface area contributed by atoms with Gasteiger partial charge < -0.3 is 14.4 Å². The van der Waals surface area contributed by atoms with Crippen molar-refractivity contribution < 1.29 is 18.7 Å². The maximum absolute atomic E-state index is 13.5. The molecule has 1 aliphatic rings. The summed E-state index contributed by atoms with van der Waals surface area (Å²) < 4.78 is 27.3. The summed E-state index contributed by atoms with van der Waals surface area (Å²) in [6.07, 6.45) is 2.68. The first-order valence-electron chi connectivity index (χ1n) is 11.0. The number of carbonyl (C=O) groups excluding carboxylic acids is 1. The van der Waals surface area contributed by atoms with E-state index in [-0.39, 0.29) is 17.8 Å². The Balaban J connectivity index is 1.74. The fraction of sp³-hybridized carbons (Fsp3) is 0.360. The summed E-state index contributed by atoms with van der Waals surface area (Å²) in [6.45, 7) is 5.22. The van der Waals surface area contributed by atoms with Crippen LogP contribution in [0.3, 0.4) is 0 Å². The number of ether oxygens (including phenoxy) is 2. The lowest BCUT2D eigenvalue weighted by molar-refractivity contribution is -0.131. The molecule has 2 aromatic carbocycles. The molecule has 1 fully saturated rings. The number of hydrogen-bond donors (Lipinski definition) is 0. The zero-order valence-electron chi connectivity index (χ0n) is 18.5. The highest BCUT2D eigenvalue weighted by molar-refractivity contribution is 5.73. The average molecular weight is 438 g/mol. The Morgan fingerprint density at radius 1 is 1.22 bits per heavy atom. The average Bonchev–Trinajstić information content (AvgIpc) is 3.43. The molecule has 7 heteroatoms. The van der Waals surface area contributed by atoms with Gasteiger partial charge in [-0.3, -0.25) is 4.79 Å². The van der Waals surface area contributed by atoms with E-state index in [2.05, 4.69) is 0 Å². The normalized spacial score (nSPS) is 15.7. The summed E-state index contributed by atoms with van der Waals surface area (Å²) in [4.78, 5) is 14.3. The van der Waals surface area contributed by atoms with E-state index in [9.17, 15) is 9.18 Å². The first-order chi connectivity index (χ1) is 15.5. The number of amides is 1. The van der Waals surface area contributed by atoms with Crippen molar-refractivity contribution in [1.29, 1.82) is 0 Å². The molecule has 0 aliphatic carbocycles. The largest absolute Gasteiger partial charge is 0.439 e. The second-order valence-electron chi connectivity index (χ2n) is 7.92. The van der Waals surface area contributed by atoms with Gasteiger partial charge in [-0.1, -0.05) is 25.1 Å². The summed E-state index contributed by atoms with van der Waals surface area (Å²) >= 11 is 0. The number of nitrogens with zero attached hydrogens (tertiary/aromatic N) is 3. The molecule has 0 saturated carbocycles. The third-order valence-electron chi connectivity index (χ3n) is 5.63. The molecule has 1 saturated heterocycles. The van der Waals surface area contributed by atoms with Crippen molar-refractivity contribution in [2.45, 2.75) is 45.8 Å². The standard InChI is InChI=1S/C25H28FN3O3/c1-3-24-23(17-28(18(2)30)16-22-10-7-15-31-22)25(32-21-8-5-4-6-9-21)29(27-24)20-13-11-19(26)12-14-20/h4-6,8-9,11-14,22H,3,7,10,15-17H2,1-2H3/t22-/m0/s1. The lowest BCUT2D eigenvalue weighted by atomic mass is 10.1. The minimum Gasteiger partial charge on any atom is -0.439 e. The lowest BCUT2D eigenvalue weighted by Gasteiger charge is -2.24. The molecule has 168 valence electrons. The SMILES string of the molecule is CCc1nn(-c2ccc(F)cc2)c(Oc2ccccc2)c1CN(C[C@@H]1CCCO1)C(C)=O. The first-order valence-corrected chi connectivity index (χ1v) is 11.0. The molecular weight excluding hydrogens is 409 g/mol. The van der Waals surface area contributed by atoms with E-state index >= 15 is 0 Å². The number of halogens is 1. The highest BCUT2D eigenvalue weighted by Gasteiger charge is 2.26. The van der Waals surface area contributed by atoms with Crippen LogP contribution in [-0.4, -0.2) is 39.8 Å². The van der Waals surface area contributed by atoms with Crippen molar-refractivity contribution >= 4 is 5.91 Å². The molecule has 0 unspecified atom stereocenters. The Morgan fingerprint density at radius 2 is 1.97 bits per heavy atom. The number of para-hydroxylation sites is 1. The fourth-order valence-electron chi connectivity index (χ4n) is 3.91. The van der Waals surface area contributed by atoms with E-state index in [4.69, 9.17) is 14.6 Å². The summed E-state index contributed by atoms with van der Waals surface area (Å²) in [5.74, 6) is 0.843. The summed E-state index contributed by atoms with van der Waals surface area (Å²) in [7, 11) is 0. The topological polar surface area (TPSA) is 56.6 Å². The van der Waals surface area contributed by atoms with Gasteiger partial charge in [0.05, 0.1) is 29.6 Å². The number of hydrogen-bond acceptors (Lipinski definition) is 4. The smallest absolute Gasteiger partial charge is 0.227 e. The molecule has 3 aromatic rings. The summed E-state index contributed by atoms with van der Waals surface area (Å²) in [5, 5.41) is 4.77. The third-order valence-corrected chi connectivity index (χ3v) is 5.63. The molecule has 0 radical (unpaired) electrons.